The summed E-state index contributed by atoms with van der Waals surface area (Å²) in [6, 6.07) is 11.0. The van der Waals surface area contributed by atoms with E-state index in [1.807, 2.05) is 0 Å². The number of halogens is 1. The molecule has 0 aromatic heterocycles. The molecule has 1 aliphatic carbocycles. The summed E-state index contributed by atoms with van der Waals surface area (Å²) in [5, 5.41) is 0. The molecular formula is C14H18BCl. The van der Waals surface area contributed by atoms with Crippen molar-refractivity contribution >= 4 is 17.6 Å². The Kier molecular flexibility index (Phi) is 2.98. The summed E-state index contributed by atoms with van der Waals surface area (Å²) in [5.41, 5.74) is 1.55. The monoisotopic (exact) mass is 232 g/mol. The van der Waals surface area contributed by atoms with Gasteiger partial charge in [0.05, 0.1) is 0 Å². The standard InChI is InChI=1S/C14H18BCl/c16-15-9-11-6-12(10-15)8-14(7-11)13-4-2-1-3-5-13/h1-5,11-12,14H,6-10H2/t11-,12+,14?. The topological polar surface area (TPSA) is 0 Å². The molecule has 0 amide bonds. The lowest BCUT2D eigenvalue weighted by atomic mass is 9.50. The lowest BCUT2D eigenvalue weighted by Gasteiger charge is -2.40. The van der Waals surface area contributed by atoms with Gasteiger partial charge in [-0.1, -0.05) is 43.0 Å². The Morgan fingerprint density at radius 1 is 0.938 bits per heavy atom. The smallest absolute Gasteiger partial charge is 0.196 e. The van der Waals surface area contributed by atoms with Crippen molar-refractivity contribution in [1.29, 1.82) is 0 Å². The van der Waals surface area contributed by atoms with Crippen LogP contribution < -0.4 is 0 Å². The van der Waals surface area contributed by atoms with Gasteiger partial charge in [0.25, 0.3) is 6.13 Å². The molecule has 0 spiro atoms. The van der Waals surface area contributed by atoms with E-state index >= 15 is 0 Å². The zero-order chi connectivity index (χ0) is 11.0. The van der Waals surface area contributed by atoms with E-state index in [0.29, 0.717) is 6.13 Å². The summed E-state index contributed by atoms with van der Waals surface area (Å²) in [7, 11) is 0. The van der Waals surface area contributed by atoms with Crippen LogP contribution in [0, 0.1) is 11.8 Å². The highest BCUT2D eigenvalue weighted by atomic mass is 35.5. The van der Waals surface area contributed by atoms with Crippen LogP contribution in [0.25, 0.3) is 0 Å². The molecule has 0 N–H and O–H groups in total. The molecule has 84 valence electrons. The van der Waals surface area contributed by atoms with Crippen LogP contribution >= 0.6 is 11.5 Å². The molecule has 0 nitrogen and oxygen atoms in total. The van der Waals surface area contributed by atoms with Gasteiger partial charge >= 0.3 is 0 Å². The number of hydrogen-bond acceptors (Lipinski definition) is 0. The number of hydrogen-bond donors (Lipinski definition) is 0. The highest BCUT2D eigenvalue weighted by molar-refractivity contribution is 7.07. The number of rotatable bonds is 1. The van der Waals surface area contributed by atoms with Crippen molar-refractivity contribution in [3.8, 4) is 0 Å². The Hall–Kier alpha value is -0.425. The third-order valence-electron chi connectivity index (χ3n) is 4.35. The number of benzene rings is 1. The summed E-state index contributed by atoms with van der Waals surface area (Å²) < 4.78 is 0. The Labute approximate surface area is 103 Å². The minimum absolute atomic E-state index is 0.459. The average molecular weight is 233 g/mol. The quantitative estimate of drug-likeness (QED) is 0.629. The lowest BCUT2D eigenvalue weighted by molar-refractivity contribution is 0.253. The van der Waals surface area contributed by atoms with Gasteiger partial charge in [0.15, 0.2) is 0 Å². The molecular weight excluding hydrogens is 214 g/mol. The van der Waals surface area contributed by atoms with Gasteiger partial charge in [-0.3, -0.25) is 0 Å². The average Bonchev–Trinajstić information content (AvgIpc) is 2.28. The molecule has 2 fully saturated rings. The summed E-state index contributed by atoms with van der Waals surface area (Å²) in [6.07, 6.45) is 7.13. The van der Waals surface area contributed by atoms with Crippen LogP contribution in [-0.4, -0.2) is 6.13 Å². The van der Waals surface area contributed by atoms with Crippen LogP contribution in [0.2, 0.25) is 12.6 Å². The minimum atomic E-state index is 0.459. The van der Waals surface area contributed by atoms with Gasteiger partial charge in [0, 0.05) is 0 Å². The van der Waals surface area contributed by atoms with E-state index in [4.69, 9.17) is 11.5 Å². The summed E-state index contributed by atoms with van der Waals surface area (Å²) in [4.78, 5) is 0. The van der Waals surface area contributed by atoms with E-state index in [0.717, 1.165) is 17.8 Å². The molecule has 1 saturated carbocycles. The maximum Gasteiger partial charge on any atom is 0.251 e. The first-order chi connectivity index (χ1) is 7.81. The van der Waals surface area contributed by atoms with Gasteiger partial charge in [-0.15, -0.1) is 0 Å². The molecule has 16 heavy (non-hydrogen) atoms. The number of fused-ring (bicyclic) bond motifs is 2. The first kappa shape index (κ1) is 10.7. The molecule has 1 saturated heterocycles. The molecule has 3 rings (SSSR count). The summed E-state index contributed by atoms with van der Waals surface area (Å²) in [6.45, 7) is 0. The molecule has 0 radical (unpaired) electrons. The van der Waals surface area contributed by atoms with E-state index < -0.39 is 0 Å². The second-order valence-corrected chi connectivity index (χ2v) is 6.23. The van der Waals surface area contributed by atoms with E-state index in [-0.39, 0.29) is 0 Å². The van der Waals surface area contributed by atoms with Gasteiger partial charge in [0.1, 0.15) is 0 Å². The van der Waals surface area contributed by atoms with Crippen molar-refractivity contribution in [3.05, 3.63) is 35.9 Å². The van der Waals surface area contributed by atoms with Gasteiger partial charge in [-0.05, 0) is 42.6 Å². The van der Waals surface area contributed by atoms with Crippen molar-refractivity contribution in [2.45, 2.75) is 37.8 Å². The molecule has 2 heteroatoms. The van der Waals surface area contributed by atoms with Crippen LogP contribution in [0.15, 0.2) is 30.3 Å². The lowest BCUT2D eigenvalue weighted by Crippen LogP contribution is -2.31. The van der Waals surface area contributed by atoms with Gasteiger partial charge < -0.3 is 0 Å². The van der Waals surface area contributed by atoms with Crippen molar-refractivity contribution in [2.24, 2.45) is 11.8 Å². The van der Waals surface area contributed by atoms with Crippen molar-refractivity contribution in [1.82, 2.24) is 0 Å². The highest BCUT2D eigenvalue weighted by Crippen LogP contribution is 2.47. The second kappa shape index (κ2) is 4.45. The predicted molar refractivity (Wildman–Crippen MR) is 71.2 cm³/mol. The van der Waals surface area contributed by atoms with Gasteiger partial charge in [-0.25, -0.2) is 0 Å². The fourth-order valence-electron chi connectivity index (χ4n) is 3.77. The fraction of sp³-hybridized carbons (Fsp3) is 0.571. The van der Waals surface area contributed by atoms with Crippen molar-refractivity contribution in [3.63, 3.8) is 0 Å². The third-order valence-corrected chi connectivity index (χ3v) is 4.71. The molecule has 2 aliphatic rings. The van der Waals surface area contributed by atoms with Crippen LogP contribution in [0.5, 0.6) is 0 Å². The molecule has 1 aromatic carbocycles. The summed E-state index contributed by atoms with van der Waals surface area (Å²) >= 11 is 6.31. The maximum atomic E-state index is 6.31. The van der Waals surface area contributed by atoms with Crippen LogP contribution in [0.4, 0.5) is 0 Å². The van der Waals surface area contributed by atoms with Crippen LogP contribution in [0.1, 0.15) is 30.7 Å². The maximum absolute atomic E-state index is 6.31. The molecule has 1 heterocycles. The first-order valence-corrected chi connectivity index (χ1v) is 6.94. The first-order valence-electron chi connectivity index (χ1n) is 6.50. The second-order valence-electron chi connectivity index (χ2n) is 5.62. The Morgan fingerprint density at radius 3 is 2.19 bits per heavy atom. The third kappa shape index (κ3) is 2.15. The Balaban J connectivity index is 1.76. The highest BCUT2D eigenvalue weighted by Gasteiger charge is 2.37. The van der Waals surface area contributed by atoms with Gasteiger partial charge in [0.2, 0.25) is 0 Å². The zero-order valence-electron chi connectivity index (χ0n) is 9.61. The normalized spacial score (nSPS) is 33.8. The molecule has 1 aromatic rings. The van der Waals surface area contributed by atoms with E-state index in [2.05, 4.69) is 30.3 Å². The molecule has 1 unspecified atom stereocenters. The summed E-state index contributed by atoms with van der Waals surface area (Å²) in [5.74, 6) is 2.58. The largest absolute Gasteiger partial charge is 0.251 e. The van der Waals surface area contributed by atoms with E-state index in [1.54, 1.807) is 5.56 Å². The van der Waals surface area contributed by atoms with E-state index in [9.17, 15) is 0 Å². The van der Waals surface area contributed by atoms with Gasteiger partial charge in [-0.2, -0.15) is 11.5 Å². The Bertz CT molecular complexity index is 333. The molecule has 1 aliphatic heterocycles. The molecule has 3 atom stereocenters. The predicted octanol–water partition coefficient (Wildman–Crippen LogP) is 4.43. The molecule has 2 bridgehead atoms. The van der Waals surface area contributed by atoms with Crippen LogP contribution in [-0.2, 0) is 0 Å². The fourth-order valence-corrected chi connectivity index (χ4v) is 4.27. The van der Waals surface area contributed by atoms with Crippen molar-refractivity contribution in [2.75, 3.05) is 0 Å². The van der Waals surface area contributed by atoms with Crippen molar-refractivity contribution < 1.29 is 0 Å². The van der Waals surface area contributed by atoms with E-state index in [1.165, 1.54) is 31.9 Å². The Morgan fingerprint density at radius 2 is 1.56 bits per heavy atom. The van der Waals surface area contributed by atoms with Crippen LogP contribution in [0.3, 0.4) is 0 Å². The zero-order valence-corrected chi connectivity index (χ0v) is 10.4. The minimum Gasteiger partial charge on any atom is -0.196 e. The SMILES string of the molecule is ClB1C[C@@H]2CC(c3ccccc3)C[C@H](C1)C2.